The second-order valence-electron chi connectivity index (χ2n) is 32.4. The Morgan fingerprint density at radius 1 is 0.475 bits per heavy atom. The molecule has 0 saturated heterocycles. The van der Waals surface area contributed by atoms with E-state index in [0.717, 1.165) is 39.0 Å². The number of aromatic amines is 1. The third-order valence-corrected chi connectivity index (χ3v) is 20.8. The summed E-state index contributed by atoms with van der Waals surface area (Å²) in [5, 5.41) is 73.8. The summed E-state index contributed by atoms with van der Waals surface area (Å²) in [7, 11) is 0. The van der Waals surface area contributed by atoms with E-state index in [1.54, 1.807) is 41.5 Å². The van der Waals surface area contributed by atoms with Crippen molar-refractivity contribution in [2.45, 2.75) is 347 Å². The van der Waals surface area contributed by atoms with Gasteiger partial charge in [-0.3, -0.25) is 81.7 Å². The highest BCUT2D eigenvalue weighted by atomic mass is 16.4. The molecule has 40 heteroatoms. The highest BCUT2D eigenvalue weighted by molar-refractivity contribution is 6.01. The number of imidazole rings is 1. The van der Waals surface area contributed by atoms with E-state index in [4.69, 9.17) is 22.9 Å². The van der Waals surface area contributed by atoms with Crippen LogP contribution in [0.4, 0.5) is 0 Å². The molecule has 120 heavy (non-hydrogen) atoms. The third kappa shape index (κ3) is 42.7. The number of aliphatic imine (C=N–C) groups is 1. The van der Waals surface area contributed by atoms with Crippen LogP contribution in [0.25, 0.3) is 0 Å². The van der Waals surface area contributed by atoms with Gasteiger partial charge in [0.1, 0.15) is 72.5 Å². The van der Waals surface area contributed by atoms with Crippen LogP contribution in [0.5, 0.6) is 0 Å². The largest absolute Gasteiger partial charge is 0.481 e. The number of H-pyrrole nitrogens is 1. The van der Waals surface area contributed by atoms with Crippen molar-refractivity contribution in [2.24, 2.45) is 51.6 Å². The number of nitrogens with two attached hydrogens (primary N) is 4. The molecule has 1 aliphatic rings. The molecule has 0 aromatic carbocycles. The Labute approximate surface area is 703 Å². The van der Waals surface area contributed by atoms with E-state index in [2.05, 4.69) is 91.0 Å². The van der Waals surface area contributed by atoms with Gasteiger partial charge < -0.3 is 117 Å². The molecule has 15 amide bonds. The van der Waals surface area contributed by atoms with Crippen LogP contribution in [0, 0.1) is 23.7 Å². The summed E-state index contributed by atoms with van der Waals surface area (Å²) in [5.41, 5.74) is 22.0. The second-order valence-corrected chi connectivity index (χ2v) is 32.4. The van der Waals surface area contributed by atoms with Gasteiger partial charge in [-0.25, -0.2) is 4.98 Å². The van der Waals surface area contributed by atoms with Crippen molar-refractivity contribution in [1.82, 2.24) is 79.1 Å². The zero-order valence-electron chi connectivity index (χ0n) is 71.9. The normalized spacial score (nSPS) is 17.0. The van der Waals surface area contributed by atoms with Gasteiger partial charge in [-0.2, -0.15) is 0 Å². The molecular weight excluding hydrogens is 1560 g/mol. The number of amides is 15. The fourth-order valence-corrected chi connectivity index (χ4v) is 13.4. The Morgan fingerprint density at radius 2 is 0.933 bits per heavy atom. The number of carboxylic acid groups (broad SMARTS) is 1. The summed E-state index contributed by atoms with van der Waals surface area (Å²) >= 11 is 0. The Morgan fingerprint density at radius 3 is 1.43 bits per heavy atom. The number of guanidine groups is 1. The molecule has 0 radical (unpaired) electrons. The first-order valence-corrected chi connectivity index (χ1v) is 42.3. The first kappa shape index (κ1) is 106. The van der Waals surface area contributed by atoms with Gasteiger partial charge in [-0.1, -0.05) is 132 Å². The number of unbranched alkanes of at least 4 members (excludes halogenated alkanes) is 12. The Balaban J connectivity index is 2.36. The number of hydrogen-bond donors (Lipinski definition) is 22. The molecule has 1 aliphatic carbocycles. The van der Waals surface area contributed by atoms with Gasteiger partial charge in [0.15, 0.2) is 5.96 Å². The average molecular weight is 1700 g/mol. The van der Waals surface area contributed by atoms with Crippen molar-refractivity contribution >= 4 is 101 Å². The van der Waals surface area contributed by atoms with Crippen molar-refractivity contribution in [3.63, 3.8) is 0 Å². The number of nitrogens with one attached hydrogen (secondary N) is 14. The minimum absolute atomic E-state index is 0.000268. The van der Waals surface area contributed by atoms with Crippen molar-refractivity contribution in [1.29, 1.82) is 0 Å². The minimum atomic E-state index is -1.89. The van der Waals surface area contributed by atoms with E-state index in [9.17, 15) is 97.1 Å². The number of carboxylic acids is 1. The summed E-state index contributed by atoms with van der Waals surface area (Å²) in [6, 6.07) is -19.1. The van der Waals surface area contributed by atoms with Gasteiger partial charge in [-0.15, -0.1) is 0 Å². The monoisotopic (exact) mass is 1700 g/mol. The molecule has 2 rings (SSSR count). The molecule has 0 spiro atoms. The predicted molar refractivity (Wildman–Crippen MR) is 444 cm³/mol. The maximum Gasteiger partial charge on any atom is 0.305 e. The number of nitrogens with zero attached hydrogens (tertiary/aromatic N) is 2. The zero-order chi connectivity index (χ0) is 90.3. The summed E-state index contributed by atoms with van der Waals surface area (Å²) in [4.78, 5) is 229. The molecule has 1 fully saturated rings. The standard InChI is InChI=1S/C80H140N20O20/c1-12-14-15-16-17-18-19-20-21-22-23-24-25-28-63(106)91-59(40-64(107)108)75(116)92-54(27-26-35-86-80(83)84)70(111)94-56(37-51-30-32-53(103)33-31-51)73(114)93-55(36-44(3)4)71(112)89-48(9)68(109)99-66(46(7)13-2)78(119)98-65(45(5)6)77(118)95-57(38-52-41-85-43-87-52)72(113)90-49(10)69(110)100-67(50(11)102)79(120)96-58(39-62(82)105)74(115)97-60(42-101)76(117)88-47(8)29-34-61(81)104/h41,43-51,53-60,65-67,101-103H,12-40,42H2,1-11H3,(H2,81,104)(H2,82,105)(H,85,87)(H,88,117)(H,89,112)(H,90,113)(H,91,106)(H,92,116)(H,93,114)(H,94,111)(H,95,118)(H,96,120)(H,97,115)(H,98,119)(H,99,109)(H,100,110)(H,107,108)(H4,83,84,86)/t46-,47+,48-,49-,50+,51?,53?,54-,55-,56-,57-,58-,59-,60-,65-,66-,67-/m0/s1. The molecule has 1 saturated carbocycles. The highest BCUT2D eigenvalue weighted by Crippen LogP contribution is 2.28. The number of carbonyl (C=O) groups is 16. The predicted octanol–water partition coefficient (Wildman–Crippen LogP) is -1.47. The molecule has 1 aromatic heterocycles. The molecule has 26 N–H and O–H groups in total. The smallest absolute Gasteiger partial charge is 0.305 e. The van der Waals surface area contributed by atoms with Crippen molar-refractivity contribution in [2.75, 3.05) is 13.2 Å². The number of aliphatic hydroxyl groups excluding tert-OH is 3. The van der Waals surface area contributed by atoms with Crippen molar-refractivity contribution in [3.05, 3.63) is 18.2 Å². The molecule has 15 atom stereocenters. The lowest BCUT2D eigenvalue weighted by Crippen LogP contribution is -2.62. The summed E-state index contributed by atoms with van der Waals surface area (Å²) in [6.07, 6.45) is 14.4. The van der Waals surface area contributed by atoms with E-state index >= 15 is 0 Å². The van der Waals surface area contributed by atoms with E-state index in [-0.39, 0.29) is 82.1 Å². The molecule has 1 heterocycles. The van der Waals surface area contributed by atoms with Crippen molar-refractivity contribution in [3.8, 4) is 0 Å². The van der Waals surface area contributed by atoms with Crippen LogP contribution in [0.3, 0.4) is 0 Å². The van der Waals surface area contributed by atoms with Gasteiger partial charge in [0.05, 0.1) is 38.0 Å². The van der Waals surface area contributed by atoms with Crippen LogP contribution < -0.4 is 92.1 Å². The van der Waals surface area contributed by atoms with Crippen LogP contribution in [0.2, 0.25) is 0 Å². The molecule has 0 unspecified atom stereocenters. The fourth-order valence-electron chi connectivity index (χ4n) is 13.4. The number of carbonyl (C=O) groups excluding carboxylic acids is 15. The molecule has 40 nitrogen and oxygen atoms in total. The Bertz CT molecular complexity index is 3460. The first-order chi connectivity index (χ1) is 56.6. The molecule has 1 aromatic rings. The number of rotatable bonds is 61. The molecule has 0 bridgehead atoms. The molecule has 680 valence electrons. The van der Waals surface area contributed by atoms with Gasteiger partial charge >= 0.3 is 5.97 Å². The lowest BCUT2D eigenvalue weighted by molar-refractivity contribution is -0.141. The second kappa shape index (κ2) is 57.2. The molecule has 0 aliphatic heterocycles. The van der Waals surface area contributed by atoms with E-state index in [1.807, 2.05) is 0 Å². The zero-order valence-corrected chi connectivity index (χ0v) is 71.9. The maximum atomic E-state index is 14.8. The van der Waals surface area contributed by atoms with Crippen LogP contribution >= 0.6 is 0 Å². The van der Waals surface area contributed by atoms with E-state index < -0.39 is 217 Å². The summed E-state index contributed by atoms with van der Waals surface area (Å²) in [6.45, 7) is 16.5. The maximum absolute atomic E-state index is 14.8. The molecular formula is C80H140N20O20. The lowest BCUT2D eigenvalue weighted by Gasteiger charge is -2.31. The van der Waals surface area contributed by atoms with Gasteiger partial charge in [-0.05, 0) is 116 Å². The summed E-state index contributed by atoms with van der Waals surface area (Å²) in [5.74, 6) is -17.4. The van der Waals surface area contributed by atoms with E-state index in [0.29, 0.717) is 37.8 Å². The number of aliphatic hydroxyl groups is 3. The average Bonchev–Trinajstić information content (AvgIpc) is 1.56. The topological polar surface area (TPSA) is 656 Å². The first-order valence-electron chi connectivity index (χ1n) is 42.3. The third-order valence-electron chi connectivity index (χ3n) is 20.8. The summed E-state index contributed by atoms with van der Waals surface area (Å²) < 4.78 is 0. The Kier molecular flexibility index (Phi) is 50.5. The number of primary amides is 2. The van der Waals surface area contributed by atoms with Crippen LogP contribution in [0.15, 0.2) is 17.5 Å². The fraction of sp³-hybridized carbons (Fsp3) is 0.750. The van der Waals surface area contributed by atoms with Crippen LogP contribution in [0.1, 0.15) is 255 Å². The van der Waals surface area contributed by atoms with Crippen LogP contribution in [-0.2, 0) is 83.1 Å². The minimum Gasteiger partial charge on any atom is -0.481 e. The van der Waals surface area contributed by atoms with Gasteiger partial charge in [0.25, 0.3) is 0 Å². The SMILES string of the molecule is CCCCCCCCCCCCCCCC(=O)N[C@@H](CC(=O)O)C(=O)N[C@@H](CCCN=C(N)N)C(=O)N[C@@H](CC1CCC(O)CC1)C(=O)N[C@@H](CC(C)C)C(=O)N[C@@H](C)C(=O)N[C@H](C(=O)N[C@H](C(=O)N[C@@H](Cc1cnc[nH]1)C(=O)N[C@@H](C)C(=O)N[C@H](C(=O)N[C@@H](CC(N)=O)C(=O)N[C@@H](CO)C(=O)N[C@H](C)CCC(N)=O)[C@@H](C)O)C(C)C)[C@@H](C)CC. The number of aliphatic carboxylic acids is 1. The van der Waals surface area contributed by atoms with Crippen LogP contribution in [-0.4, -0.2) is 235 Å². The number of hydrogen-bond acceptors (Lipinski definition) is 21. The quantitative estimate of drug-likeness (QED) is 0.0201. The lowest BCUT2D eigenvalue weighted by atomic mass is 9.83. The highest BCUT2D eigenvalue weighted by Gasteiger charge is 2.40. The Hall–Kier alpha value is -10.1. The van der Waals surface area contributed by atoms with E-state index in [1.165, 1.54) is 78.2 Å². The number of aromatic nitrogens is 2. The van der Waals surface area contributed by atoms with Gasteiger partial charge in [0, 0.05) is 43.7 Å². The van der Waals surface area contributed by atoms with Crippen molar-refractivity contribution < 1.29 is 97.1 Å². The van der Waals surface area contributed by atoms with Gasteiger partial charge in [0.2, 0.25) is 88.6 Å².